The summed E-state index contributed by atoms with van der Waals surface area (Å²) < 4.78 is 11.3. The van der Waals surface area contributed by atoms with Crippen molar-refractivity contribution in [1.82, 2.24) is 15.6 Å². The fourth-order valence-electron chi connectivity index (χ4n) is 3.65. The molecular weight excluding hydrogens is 479 g/mol. The van der Waals surface area contributed by atoms with E-state index in [9.17, 15) is 0 Å². The number of para-hydroxylation sites is 1. The molecule has 0 amide bonds. The lowest BCUT2D eigenvalue weighted by atomic mass is 10.1. The Morgan fingerprint density at radius 1 is 1.28 bits per heavy atom. The minimum atomic E-state index is 0. The van der Waals surface area contributed by atoms with Gasteiger partial charge in [-0.05, 0) is 43.7 Å². The number of benzene rings is 1. The summed E-state index contributed by atoms with van der Waals surface area (Å²) in [6, 6.07) is 6.54. The Kier molecular flexibility index (Phi) is 10.8. The largest absolute Gasteiger partial charge is 0.377 e. The van der Waals surface area contributed by atoms with Crippen LogP contribution in [0.1, 0.15) is 37.8 Å². The van der Waals surface area contributed by atoms with E-state index in [-0.39, 0.29) is 30.1 Å². The second kappa shape index (κ2) is 13.1. The van der Waals surface area contributed by atoms with Crippen molar-refractivity contribution in [2.24, 2.45) is 4.99 Å². The van der Waals surface area contributed by atoms with Crippen LogP contribution in [0.4, 0.5) is 0 Å². The summed E-state index contributed by atoms with van der Waals surface area (Å²) in [6.07, 6.45) is 6.67. The van der Waals surface area contributed by atoms with Gasteiger partial charge in [-0.3, -0.25) is 4.99 Å². The highest BCUT2D eigenvalue weighted by atomic mass is 127. The topological polar surface area (TPSA) is 70.7 Å². The number of guanidine groups is 1. The van der Waals surface area contributed by atoms with Crippen LogP contribution in [0, 0.1) is 0 Å². The van der Waals surface area contributed by atoms with Crippen LogP contribution in [0.5, 0.6) is 0 Å². The molecule has 0 radical (unpaired) electrons. The summed E-state index contributed by atoms with van der Waals surface area (Å²) >= 11 is 0. The molecule has 1 aliphatic heterocycles. The van der Waals surface area contributed by atoms with Crippen molar-refractivity contribution in [3.8, 4) is 0 Å². The number of nitrogens with one attached hydrogen (secondary N) is 3. The molecule has 3 N–H and O–H groups in total. The predicted molar refractivity (Wildman–Crippen MR) is 131 cm³/mol. The maximum absolute atomic E-state index is 5.69. The molecule has 1 fully saturated rings. The third kappa shape index (κ3) is 7.15. The first-order valence-corrected chi connectivity index (χ1v) is 10.6. The molecule has 2 heterocycles. The molecule has 0 spiro atoms. The zero-order chi connectivity index (χ0) is 19.6. The first-order valence-electron chi connectivity index (χ1n) is 10.6. The Balaban J connectivity index is 0.00000300. The first kappa shape index (κ1) is 24.0. The molecule has 6 nitrogen and oxygen atoms in total. The van der Waals surface area contributed by atoms with Gasteiger partial charge in [-0.25, -0.2) is 0 Å². The van der Waals surface area contributed by atoms with E-state index in [1.54, 1.807) is 0 Å². The zero-order valence-corrected chi connectivity index (χ0v) is 20.0. The summed E-state index contributed by atoms with van der Waals surface area (Å²) in [7, 11) is 0. The van der Waals surface area contributed by atoms with Gasteiger partial charge in [0.15, 0.2) is 5.96 Å². The smallest absolute Gasteiger partial charge is 0.191 e. The summed E-state index contributed by atoms with van der Waals surface area (Å²) in [5, 5.41) is 8.05. The summed E-state index contributed by atoms with van der Waals surface area (Å²) in [4.78, 5) is 8.05. The molecule has 162 valence electrons. The highest BCUT2D eigenvalue weighted by Crippen LogP contribution is 2.22. The van der Waals surface area contributed by atoms with Crippen LogP contribution in [-0.4, -0.2) is 56.5 Å². The normalized spacial score (nSPS) is 16.8. The van der Waals surface area contributed by atoms with Gasteiger partial charge < -0.3 is 25.1 Å². The van der Waals surface area contributed by atoms with E-state index >= 15 is 0 Å². The van der Waals surface area contributed by atoms with E-state index < -0.39 is 0 Å². The average Bonchev–Trinajstić information content (AvgIpc) is 3.37. The van der Waals surface area contributed by atoms with Crippen molar-refractivity contribution in [3.63, 3.8) is 0 Å². The minimum absolute atomic E-state index is 0. The number of aryl methyl sites for hydroxylation is 1. The summed E-state index contributed by atoms with van der Waals surface area (Å²) in [5.74, 6) is 0.845. The standard InChI is InChI=1S/C22H34N4O2.HI/c1-3-17-7-5-9-20-18(15-26-21(17)20)10-11-24-22(23-4-2)25-12-14-27-16-19-8-6-13-28-19;/h5,7,9,15,19,26H,3-4,6,8,10-14,16H2,1-2H3,(H2,23,24,25);1H. The maximum atomic E-state index is 5.69. The number of rotatable bonds is 10. The van der Waals surface area contributed by atoms with Crippen LogP contribution in [0.3, 0.4) is 0 Å². The molecule has 0 saturated carbocycles. The van der Waals surface area contributed by atoms with Crippen molar-refractivity contribution in [2.75, 3.05) is 39.5 Å². The van der Waals surface area contributed by atoms with Gasteiger partial charge in [0.1, 0.15) is 0 Å². The van der Waals surface area contributed by atoms with Crippen LogP contribution < -0.4 is 10.6 Å². The van der Waals surface area contributed by atoms with E-state index in [2.05, 4.69) is 58.9 Å². The Labute approximate surface area is 191 Å². The van der Waals surface area contributed by atoms with E-state index in [4.69, 9.17) is 9.47 Å². The average molecular weight is 514 g/mol. The van der Waals surface area contributed by atoms with Gasteiger partial charge in [-0.1, -0.05) is 25.1 Å². The lowest BCUT2D eigenvalue weighted by molar-refractivity contribution is 0.0200. The van der Waals surface area contributed by atoms with Crippen molar-refractivity contribution in [2.45, 2.75) is 45.6 Å². The predicted octanol–water partition coefficient (Wildman–Crippen LogP) is 3.64. The lowest BCUT2D eigenvalue weighted by Crippen LogP contribution is -2.38. The molecule has 1 saturated heterocycles. The third-order valence-electron chi connectivity index (χ3n) is 5.13. The number of halogens is 1. The van der Waals surface area contributed by atoms with E-state index in [0.717, 1.165) is 51.3 Å². The van der Waals surface area contributed by atoms with Crippen molar-refractivity contribution < 1.29 is 9.47 Å². The number of hydrogen-bond acceptors (Lipinski definition) is 3. The van der Waals surface area contributed by atoms with Crippen molar-refractivity contribution in [3.05, 3.63) is 35.5 Å². The minimum Gasteiger partial charge on any atom is -0.377 e. The number of nitrogens with zero attached hydrogens (tertiary/aromatic N) is 1. The Morgan fingerprint density at radius 3 is 2.93 bits per heavy atom. The molecule has 29 heavy (non-hydrogen) atoms. The Bertz CT molecular complexity index is 756. The number of ether oxygens (including phenoxy) is 2. The molecule has 7 heteroatoms. The van der Waals surface area contributed by atoms with Crippen molar-refractivity contribution in [1.29, 1.82) is 0 Å². The number of aliphatic imine (C=N–C) groups is 1. The second-order valence-corrected chi connectivity index (χ2v) is 7.15. The van der Waals surface area contributed by atoms with Crippen molar-refractivity contribution >= 4 is 40.8 Å². The van der Waals surface area contributed by atoms with Crippen LogP contribution in [0.2, 0.25) is 0 Å². The Morgan fingerprint density at radius 2 is 2.17 bits per heavy atom. The zero-order valence-electron chi connectivity index (χ0n) is 17.6. The molecule has 1 aromatic carbocycles. The summed E-state index contributed by atoms with van der Waals surface area (Å²) in [5.41, 5.74) is 3.98. The number of fused-ring (bicyclic) bond motifs is 1. The highest BCUT2D eigenvalue weighted by Gasteiger charge is 2.14. The van der Waals surface area contributed by atoms with Crippen LogP contribution in [0.25, 0.3) is 10.9 Å². The molecular formula is C22H35IN4O2. The number of aromatic amines is 1. The number of H-pyrrole nitrogens is 1. The quantitative estimate of drug-likeness (QED) is 0.196. The van der Waals surface area contributed by atoms with Gasteiger partial charge in [-0.15, -0.1) is 24.0 Å². The van der Waals surface area contributed by atoms with E-state index in [0.29, 0.717) is 19.8 Å². The number of hydrogen-bond donors (Lipinski definition) is 3. The molecule has 3 rings (SSSR count). The molecule has 0 bridgehead atoms. The Hall–Kier alpha value is -1.32. The monoisotopic (exact) mass is 514 g/mol. The van der Waals surface area contributed by atoms with E-state index in [1.165, 1.54) is 22.0 Å². The maximum Gasteiger partial charge on any atom is 0.191 e. The van der Waals surface area contributed by atoms with Gasteiger partial charge >= 0.3 is 0 Å². The molecule has 1 aliphatic rings. The fraction of sp³-hybridized carbons (Fsp3) is 0.591. The molecule has 0 aliphatic carbocycles. The van der Waals surface area contributed by atoms with Gasteiger partial charge in [0.05, 0.1) is 25.9 Å². The van der Waals surface area contributed by atoms with Gasteiger partial charge in [0, 0.05) is 36.8 Å². The number of aromatic nitrogens is 1. The lowest BCUT2D eigenvalue weighted by Gasteiger charge is -2.12. The van der Waals surface area contributed by atoms with Crippen LogP contribution in [0.15, 0.2) is 29.4 Å². The fourth-order valence-corrected chi connectivity index (χ4v) is 3.65. The highest BCUT2D eigenvalue weighted by molar-refractivity contribution is 14.0. The van der Waals surface area contributed by atoms with Gasteiger partial charge in [0.2, 0.25) is 0 Å². The van der Waals surface area contributed by atoms with Gasteiger partial charge in [0.25, 0.3) is 0 Å². The first-order chi connectivity index (χ1) is 13.8. The molecule has 2 aromatic rings. The van der Waals surface area contributed by atoms with Crippen LogP contribution >= 0.6 is 24.0 Å². The van der Waals surface area contributed by atoms with Crippen LogP contribution in [-0.2, 0) is 22.3 Å². The summed E-state index contributed by atoms with van der Waals surface area (Å²) in [6.45, 7) is 8.78. The second-order valence-electron chi connectivity index (χ2n) is 7.15. The van der Waals surface area contributed by atoms with Gasteiger partial charge in [-0.2, -0.15) is 0 Å². The SMILES string of the molecule is CCNC(=NCCOCC1CCCO1)NCCc1c[nH]c2c(CC)cccc12.I. The molecule has 1 atom stereocenters. The molecule has 1 unspecified atom stereocenters. The molecule has 1 aromatic heterocycles. The van der Waals surface area contributed by atoms with E-state index in [1.807, 2.05) is 0 Å². The third-order valence-corrected chi connectivity index (χ3v) is 5.13.